The molecule has 0 saturated heterocycles. The summed E-state index contributed by atoms with van der Waals surface area (Å²) in [6, 6.07) is 8.49. The Hall–Kier alpha value is -1.24. The summed E-state index contributed by atoms with van der Waals surface area (Å²) >= 11 is 0. The van der Waals surface area contributed by atoms with Crippen LogP contribution < -0.4 is 5.32 Å². The first-order valence-corrected chi connectivity index (χ1v) is 4.85. The van der Waals surface area contributed by atoms with E-state index in [0.717, 1.165) is 18.7 Å². The van der Waals surface area contributed by atoms with Crippen LogP contribution in [0.25, 0.3) is 0 Å². The van der Waals surface area contributed by atoms with Gasteiger partial charge in [-0.15, -0.1) is 0 Å². The molecule has 0 amide bonds. The molecule has 1 aromatic rings. The van der Waals surface area contributed by atoms with Crippen molar-refractivity contribution in [3.63, 3.8) is 0 Å². The Morgan fingerprint density at radius 3 is 2.46 bits per heavy atom. The molecule has 0 atom stereocenters. The van der Waals surface area contributed by atoms with E-state index in [9.17, 15) is 0 Å². The third-order valence-electron chi connectivity index (χ3n) is 2.05. The van der Waals surface area contributed by atoms with Gasteiger partial charge in [0.2, 0.25) is 0 Å². The van der Waals surface area contributed by atoms with Gasteiger partial charge < -0.3 is 5.32 Å². The Labute approximate surface area is 80.5 Å². The van der Waals surface area contributed by atoms with Gasteiger partial charge in [0.05, 0.1) is 0 Å². The van der Waals surface area contributed by atoms with E-state index < -0.39 is 0 Å². The molecule has 1 aliphatic heterocycles. The van der Waals surface area contributed by atoms with Crippen molar-refractivity contribution in [2.45, 2.75) is 26.8 Å². The third-order valence-corrected chi connectivity index (χ3v) is 2.05. The van der Waals surface area contributed by atoms with Crippen LogP contribution in [0.5, 0.6) is 0 Å². The average molecular weight is 175 g/mol. The van der Waals surface area contributed by atoms with E-state index in [1.54, 1.807) is 0 Å². The van der Waals surface area contributed by atoms with E-state index in [2.05, 4.69) is 36.2 Å². The van der Waals surface area contributed by atoms with E-state index in [-0.39, 0.29) is 0 Å². The summed E-state index contributed by atoms with van der Waals surface area (Å²) < 4.78 is 0. The second-order valence-electron chi connectivity index (χ2n) is 2.90. The Balaban J connectivity index is 0.000000396. The zero-order valence-corrected chi connectivity index (χ0v) is 8.43. The SMILES string of the molecule is C=C1Cc2ccccc2CN1.CC. The van der Waals surface area contributed by atoms with Crippen LogP contribution in [-0.2, 0) is 13.0 Å². The largest absolute Gasteiger partial charge is 0.384 e. The van der Waals surface area contributed by atoms with Crippen LogP contribution in [0.2, 0.25) is 0 Å². The van der Waals surface area contributed by atoms with Crippen LogP contribution in [0.15, 0.2) is 36.5 Å². The quantitative estimate of drug-likeness (QED) is 0.639. The number of fused-ring (bicyclic) bond motifs is 1. The van der Waals surface area contributed by atoms with E-state index in [4.69, 9.17) is 0 Å². The zero-order valence-electron chi connectivity index (χ0n) is 8.43. The lowest BCUT2D eigenvalue weighted by molar-refractivity contribution is 0.738. The van der Waals surface area contributed by atoms with E-state index >= 15 is 0 Å². The van der Waals surface area contributed by atoms with Crippen molar-refractivity contribution in [1.82, 2.24) is 5.32 Å². The van der Waals surface area contributed by atoms with Crippen LogP contribution >= 0.6 is 0 Å². The number of hydrogen-bond donors (Lipinski definition) is 1. The first-order valence-electron chi connectivity index (χ1n) is 4.85. The lowest BCUT2D eigenvalue weighted by Crippen LogP contribution is -2.20. The van der Waals surface area contributed by atoms with E-state index in [1.165, 1.54) is 11.1 Å². The molecule has 0 aliphatic carbocycles. The van der Waals surface area contributed by atoms with E-state index in [1.807, 2.05) is 13.8 Å². The molecular weight excluding hydrogens is 158 g/mol. The molecule has 2 rings (SSSR count). The number of hydrogen-bond acceptors (Lipinski definition) is 1. The van der Waals surface area contributed by atoms with Gasteiger partial charge in [-0.3, -0.25) is 0 Å². The standard InChI is InChI=1S/C10H11N.C2H6/c1-8-6-9-4-2-3-5-10(9)7-11-8;1-2/h2-5,11H,1,6-7H2;1-2H3. The molecule has 0 fully saturated rings. The van der Waals surface area contributed by atoms with Gasteiger partial charge in [0.25, 0.3) is 0 Å². The number of benzene rings is 1. The molecule has 0 aromatic heterocycles. The third kappa shape index (κ3) is 2.35. The average Bonchev–Trinajstić information content (AvgIpc) is 2.21. The van der Waals surface area contributed by atoms with Gasteiger partial charge in [-0.1, -0.05) is 44.7 Å². The molecule has 1 aromatic carbocycles. The molecule has 1 aliphatic rings. The molecule has 0 radical (unpaired) electrons. The van der Waals surface area contributed by atoms with Gasteiger partial charge >= 0.3 is 0 Å². The van der Waals surface area contributed by atoms with Gasteiger partial charge in [0, 0.05) is 18.7 Å². The molecule has 1 N–H and O–H groups in total. The Morgan fingerprint density at radius 2 is 1.77 bits per heavy atom. The molecule has 1 nitrogen and oxygen atoms in total. The molecular formula is C12H17N. The van der Waals surface area contributed by atoms with Gasteiger partial charge in [-0.25, -0.2) is 0 Å². The Bertz CT molecular complexity index is 289. The molecule has 1 heteroatoms. The molecule has 13 heavy (non-hydrogen) atoms. The molecule has 0 spiro atoms. The fourth-order valence-electron chi connectivity index (χ4n) is 1.42. The minimum atomic E-state index is 0.939. The predicted molar refractivity (Wildman–Crippen MR) is 57.5 cm³/mol. The highest BCUT2D eigenvalue weighted by Gasteiger charge is 2.08. The summed E-state index contributed by atoms with van der Waals surface area (Å²) in [6.45, 7) is 8.84. The van der Waals surface area contributed by atoms with Crippen molar-refractivity contribution in [2.75, 3.05) is 0 Å². The molecule has 0 unspecified atom stereocenters. The minimum Gasteiger partial charge on any atom is -0.384 e. The van der Waals surface area contributed by atoms with Crippen LogP contribution in [0.4, 0.5) is 0 Å². The van der Waals surface area contributed by atoms with Crippen LogP contribution in [0.1, 0.15) is 25.0 Å². The van der Waals surface area contributed by atoms with Crippen LogP contribution in [0, 0.1) is 0 Å². The highest BCUT2D eigenvalue weighted by Crippen LogP contribution is 2.16. The van der Waals surface area contributed by atoms with E-state index in [0.29, 0.717) is 0 Å². The topological polar surface area (TPSA) is 12.0 Å². The fourth-order valence-corrected chi connectivity index (χ4v) is 1.42. The Morgan fingerprint density at radius 1 is 1.15 bits per heavy atom. The normalized spacial score (nSPS) is 13.5. The van der Waals surface area contributed by atoms with Gasteiger partial charge in [-0.2, -0.15) is 0 Å². The maximum atomic E-state index is 3.90. The Kier molecular flexibility index (Phi) is 3.56. The van der Waals surface area contributed by atoms with Crippen molar-refractivity contribution in [3.8, 4) is 0 Å². The zero-order chi connectivity index (χ0) is 9.68. The highest BCUT2D eigenvalue weighted by atomic mass is 14.9. The molecule has 1 heterocycles. The van der Waals surface area contributed by atoms with Crippen molar-refractivity contribution in [2.24, 2.45) is 0 Å². The van der Waals surface area contributed by atoms with Crippen molar-refractivity contribution < 1.29 is 0 Å². The lowest BCUT2D eigenvalue weighted by atomic mass is 10.00. The van der Waals surface area contributed by atoms with Crippen molar-refractivity contribution in [1.29, 1.82) is 0 Å². The van der Waals surface area contributed by atoms with Crippen molar-refractivity contribution in [3.05, 3.63) is 47.7 Å². The summed E-state index contributed by atoms with van der Waals surface area (Å²) in [6.07, 6.45) is 0.982. The second-order valence-corrected chi connectivity index (χ2v) is 2.90. The second kappa shape index (κ2) is 4.70. The first-order chi connectivity index (χ1) is 6.36. The first kappa shape index (κ1) is 9.85. The maximum Gasteiger partial charge on any atom is 0.0400 e. The van der Waals surface area contributed by atoms with Gasteiger partial charge in [-0.05, 0) is 11.1 Å². The van der Waals surface area contributed by atoms with Crippen LogP contribution in [0.3, 0.4) is 0 Å². The molecule has 70 valence electrons. The maximum absolute atomic E-state index is 3.90. The molecule has 0 bridgehead atoms. The lowest BCUT2D eigenvalue weighted by Gasteiger charge is -2.19. The predicted octanol–water partition coefficient (Wildman–Crippen LogP) is 2.87. The number of nitrogens with one attached hydrogen (secondary N) is 1. The summed E-state index contributed by atoms with van der Waals surface area (Å²) in [5, 5.41) is 3.24. The smallest absolute Gasteiger partial charge is 0.0400 e. The monoisotopic (exact) mass is 175 g/mol. The summed E-state index contributed by atoms with van der Waals surface area (Å²) in [5.74, 6) is 0. The van der Waals surface area contributed by atoms with Crippen molar-refractivity contribution >= 4 is 0 Å². The van der Waals surface area contributed by atoms with Gasteiger partial charge in [0.15, 0.2) is 0 Å². The fraction of sp³-hybridized carbons (Fsp3) is 0.333. The molecule has 0 saturated carbocycles. The summed E-state index contributed by atoms with van der Waals surface area (Å²) in [7, 11) is 0. The minimum absolute atomic E-state index is 0.939. The highest BCUT2D eigenvalue weighted by molar-refractivity contribution is 5.33. The summed E-state index contributed by atoms with van der Waals surface area (Å²) in [4.78, 5) is 0. The van der Waals surface area contributed by atoms with Gasteiger partial charge in [0.1, 0.15) is 0 Å². The summed E-state index contributed by atoms with van der Waals surface area (Å²) in [5.41, 5.74) is 3.94. The number of rotatable bonds is 0. The van der Waals surface area contributed by atoms with Crippen LogP contribution in [-0.4, -0.2) is 0 Å². The number of allylic oxidation sites excluding steroid dienone is 1.